The fourth-order valence-electron chi connectivity index (χ4n) is 3.07. The molecule has 158 valence electrons. The van der Waals surface area contributed by atoms with Gasteiger partial charge in [0, 0.05) is 16.8 Å². The molecule has 1 saturated carbocycles. The normalized spacial score (nSPS) is 14.6. The second kappa shape index (κ2) is 8.09. The van der Waals surface area contributed by atoms with Gasteiger partial charge in [-0.15, -0.1) is 0 Å². The number of nitriles is 1. The maximum atomic E-state index is 12.8. The van der Waals surface area contributed by atoms with Crippen molar-refractivity contribution >= 4 is 27.3 Å². The highest BCUT2D eigenvalue weighted by atomic mass is 35.5. The average molecular weight is 457 g/mol. The van der Waals surface area contributed by atoms with Crippen molar-refractivity contribution in [2.45, 2.75) is 36.0 Å². The first-order valence-corrected chi connectivity index (χ1v) is 11.3. The van der Waals surface area contributed by atoms with E-state index in [9.17, 15) is 13.2 Å². The van der Waals surface area contributed by atoms with Gasteiger partial charge in [-0.05, 0) is 50.1 Å². The quantitative estimate of drug-likeness (QED) is 0.603. The fourth-order valence-corrected chi connectivity index (χ4v) is 5.10. The van der Waals surface area contributed by atoms with E-state index in [1.807, 2.05) is 6.07 Å². The Hall–Kier alpha value is -3.29. The van der Waals surface area contributed by atoms with Crippen LogP contribution in [0, 0.1) is 11.3 Å². The minimum atomic E-state index is -3.49. The molecule has 0 saturated heterocycles. The molecular formula is C20H17ClN6O3S. The molecule has 0 bridgehead atoms. The molecule has 0 unspecified atom stereocenters. The Balaban J connectivity index is 1.57. The molecular weight excluding hydrogens is 440 g/mol. The van der Waals surface area contributed by atoms with Crippen LogP contribution >= 0.6 is 11.6 Å². The number of benzene rings is 1. The third-order valence-corrected chi connectivity index (χ3v) is 7.29. The Morgan fingerprint density at radius 1 is 1.29 bits per heavy atom. The van der Waals surface area contributed by atoms with E-state index in [0.717, 1.165) is 0 Å². The van der Waals surface area contributed by atoms with Crippen molar-refractivity contribution in [1.82, 2.24) is 25.1 Å². The van der Waals surface area contributed by atoms with Crippen LogP contribution in [0.3, 0.4) is 0 Å². The van der Waals surface area contributed by atoms with E-state index in [0.29, 0.717) is 30.0 Å². The summed E-state index contributed by atoms with van der Waals surface area (Å²) in [6.45, 7) is 1.72. The molecule has 1 aliphatic carbocycles. The second-order valence-corrected chi connectivity index (χ2v) is 9.83. The maximum absolute atomic E-state index is 12.8. The molecule has 3 aromatic rings. The molecule has 4 rings (SSSR count). The summed E-state index contributed by atoms with van der Waals surface area (Å²) in [6.07, 6.45) is 3.98. The zero-order valence-corrected chi connectivity index (χ0v) is 17.9. The SMILES string of the molecule is C[C@H](NC(=O)c1cc(Cl)cc(S(=O)(=O)C2CC2)c1)c1ncnn1-c1ccc(C#N)cn1. The molecule has 1 aromatic carbocycles. The van der Waals surface area contributed by atoms with Gasteiger partial charge in [-0.2, -0.15) is 15.0 Å². The zero-order valence-electron chi connectivity index (χ0n) is 16.4. The van der Waals surface area contributed by atoms with Gasteiger partial charge in [0.25, 0.3) is 5.91 Å². The summed E-state index contributed by atoms with van der Waals surface area (Å²) in [5, 5.41) is 15.6. The Morgan fingerprint density at radius 2 is 2.06 bits per heavy atom. The van der Waals surface area contributed by atoms with E-state index >= 15 is 0 Å². The summed E-state index contributed by atoms with van der Waals surface area (Å²) in [6, 6.07) is 8.77. The molecule has 0 aliphatic heterocycles. The van der Waals surface area contributed by atoms with Crippen molar-refractivity contribution < 1.29 is 13.2 Å². The number of hydrogen-bond donors (Lipinski definition) is 1. The lowest BCUT2D eigenvalue weighted by Gasteiger charge is -2.15. The Morgan fingerprint density at radius 3 is 2.71 bits per heavy atom. The first-order chi connectivity index (χ1) is 14.8. The number of aromatic nitrogens is 4. The lowest BCUT2D eigenvalue weighted by molar-refractivity contribution is 0.0937. The molecule has 1 N–H and O–H groups in total. The first kappa shape index (κ1) is 21.0. The number of rotatable bonds is 6. The van der Waals surface area contributed by atoms with Gasteiger partial charge >= 0.3 is 0 Å². The van der Waals surface area contributed by atoms with E-state index < -0.39 is 27.0 Å². The van der Waals surface area contributed by atoms with E-state index in [1.54, 1.807) is 19.1 Å². The number of nitrogens with zero attached hydrogens (tertiary/aromatic N) is 5. The molecule has 2 heterocycles. The van der Waals surface area contributed by atoms with Crippen LogP contribution in [0.15, 0.2) is 47.8 Å². The first-order valence-electron chi connectivity index (χ1n) is 9.41. The number of carbonyl (C=O) groups is 1. The molecule has 1 aliphatic rings. The van der Waals surface area contributed by atoms with Crippen LogP contribution in [-0.2, 0) is 9.84 Å². The highest BCUT2D eigenvalue weighted by molar-refractivity contribution is 7.92. The number of nitrogens with one attached hydrogen (secondary N) is 1. The number of hydrogen-bond acceptors (Lipinski definition) is 7. The highest BCUT2D eigenvalue weighted by Gasteiger charge is 2.37. The number of carbonyl (C=O) groups excluding carboxylic acids is 1. The number of amides is 1. The van der Waals surface area contributed by atoms with Crippen molar-refractivity contribution in [3.05, 3.63) is 64.8 Å². The predicted molar refractivity (Wildman–Crippen MR) is 111 cm³/mol. The second-order valence-electron chi connectivity index (χ2n) is 7.16. The van der Waals surface area contributed by atoms with Gasteiger partial charge in [0.1, 0.15) is 12.4 Å². The molecule has 9 nitrogen and oxygen atoms in total. The molecule has 1 fully saturated rings. The monoisotopic (exact) mass is 456 g/mol. The smallest absolute Gasteiger partial charge is 0.251 e. The molecule has 0 radical (unpaired) electrons. The highest BCUT2D eigenvalue weighted by Crippen LogP contribution is 2.34. The fraction of sp³-hybridized carbons (Fsp3) is 0.250. The van der Waals surface area contributed by atoms with Gasteiger partial charge in [0.05, 0.1) is 21.8 Å². The molecule has 2 aromatic heterocycles. The molecule has 0 spiro atoms. The van der Waals surface area contributed by atoms with Gasteiger partial charge in [-0.25, -0.2) is 18.4 Å². The van der Waals surface area contributed by atoms with Gasteiger partial charge in [0.2, 0.25) is 0 Å². The zero-order chi connectivity index (χ0) is 22.2. The third kappa shape index (κ3) is 4.28. The Kier molecular flexibility index (Phi) is 5.47. The van der Waals surface area contributed by atoms with Gasteiger partial charge in [-0.3, -0.25) is 4.79 Å². The lowest BCUT2D eigenvalue weighted by Crippen LogP contribution is -2.29. The van der Waals surface area contributed by atoms with Crippen molar-refractivity contribution in [3.8, 4) is 11.9 Å². The van der Waals surface area contributed by atoms with Crippen LogP contribution in [-0.4, -0.2) is 39.3 Å². The third-order valence-electron chi connectivity index (χ3n) is 4.83. The lowest BCUT2D eigenvalue weighted by atomic mass is 10.2. The number of halogens is 1. The van der Waals surface area contributed by atoms with E-state index in [2.05, 4.69) is 20.4 Å². The van der Waals surface area contributed by atoms with Gasteiger partial charge in [0.15, 0.2) is 21.5 Å². The van der Waals surface area contributed by atoms with E-state index in [-0.39, 0.29) is 15.5 Å². The van der Waals surface area contributed by atoms with Crippen LogP contribution in [0.5, 0.6) is 0 Å². The van der Waals surface area contributed by atoms with Gasteiger partial charge < -0.3 is 5.32 Å². The van der Waals surface area contributed by atoms with E-state index in [4.69, 9.17) is 16.9 Å². The van der Waals surface area contributed by atoms with Crippen LogP contribution in [0.4, 0.5) is 0 Å². The van der Waals surface area contributed by atoms with E-state index in [1.165, 1.54) is 35.4 Å². The van der Waals surface area contributed by atoms with Crippen molar-refractivity contribution in [3.63, 3.8) is 0 Å². The average Bonchev–Trinajstić information content (AvgIpc) is 3.51. The van der Waals surface area contributed by atoms with Gasteiger partial charge in [-0.1, -0.05) is 11.6 Å². The topological polar surface area (TPSA) is 131 Å². The van der Waals surface area contributed by atoms with Crippen molar-refractivity contribution in [2.75, 3.05) is 0 Å². The summed E-state index contributed by atoms with van der Waals surface area (Å²) in [5.74, 6) is 0.358. The Labute approximate surface area is 183 Å². The minimum Gasteiger partial charge on any atom is -0.342 e. The van der Waals surface area contributed by atoms with Crippen molar-refractivity contribution in [1.29, 1.82) is 5.26 Å². The molecule has 11 heteroatoms. The molecule has 1 amide bonds. The van der Waals surface area contributed by atoms with Crippen LogP contribution in [0.2, 0.25) is 5.02 Å². The standard InChI is InChI=1S/C20H17ClN6O3S/c1-12(19-24-11-25-27(19)18-5-2-13(9-22)10-23-18)26-20(28)14-6-15(21)8-17(7-14)31(29,30)16-3-4-16/h2,5-8,10-12,16H,3-4H2,1H3,(H,26,28)/t12-/m0/s1. The summed E-state index contributed by atoms with van der Waals surface area (Å²) in [5.41, 5.74) is 0.547. The molecule has 31 heavy (non-hydrogen) atoms. The minimum absolute atomic E-state index is 0.0465. The summed E-state index contributed by atoms with van der Waals surface area (Å²) in [7, 11) is -3.49. The summed E-state index contributed by atoms with van der Waals surface area (Å²) >= 11 is 6.09. The maximum Gasteiger partial charge on any atom is 0.251 e. The van der Waals surface area contributed by atoms with Crippen LogP contribution in [0.1, 0.15) is 47.6 Å². The predicted octanol–water partition coefficient (Wildman–Crippen LogP) is 2.61. The summed E-state index contributed by atoms with van der Waals surface area (Å²) < 4.78 is 26.5. The molecule has 1 atom stereocenters. The number of pyridine rings is 1. The largest absolute Gasteiger partial charge is 0.342 e. The summed E-state index contributed by atoms with van der Waals surface area (Å²) in [4.78, 5) is 21.3. The van der Waals surface area contributed by atoms with Crippen LogP contribution < -0.4 is 5.32 Å². The Bertz CT molecular complexity index is 1290. The van der Waals surface area contributed by atoms with Crippen molar-refractivity contribution in [2.24, 2.45) is 0 Å². The number of sulfone groups is 1. The van der Waals surface area contributed by atoms with Crippen LogP contribution in [0.25, 0.3) is 5.82 Å².